The van der Waals surface area contributed by atoms with E-state index in [-0.39, 0.29) is 18.3 Å². The smallest absolute Gasteiger partial charge is 0.374 e. The van der Waals surface area contributed by atoms with Gasteiger partial charge in [-0.3, -0.25) is 14.4 Å². The number of esters is 2. The maximum atomic E-state index is 11.7. The van der Waals surface area contributed by atoms with E-state index in [9.17, 15) is 19.2 Å². The summed E-state index contributed by atoms with van der Waals surface area (Å²) >= 11 is 0.852. The van der Waals surface area contributed by atoms with E-state index in [2.05, 4.69) is 4.74 Å². The molecule has 0 saturated heterocycles. The van der Waals surface area contributed by atoms with Crippen molar-refractivity contribution < 1.29 is 33.8 Å². The van der Waals surface area contributed by atoms with Gasteiger partial charge in [0.05, 0.1) is 13.7 Å². The normalized spacial score (nSPS) is 13.3. The Labute approximate surface area is 132 Å². The summed E-state index contributed by atoms with van der Waals surface area (Å²) < 4.78 is 9.31. The quantitative estimate of drug-likeness (QED) is 0.412. The van der Waals surface area contributed by atoms with E-state index in [1.54, 1.807) is 0 Å². The number of hydrogen-bond acceptors (Lipinski definition) is 8. The highest BCUT2D eigenvalue weighted by Crippen LogP contribution is 2.18. The highest BCUT2D eigenvalue weighted by molar-refractivity contribution is 8.00. The van der Waals surface area contributed by atoms with Crippen LogP contribution in [0.2, 0.25) is 0 Å². The highest BCUT2D eigenvalue weighted by Gasteiger charge is 2.29. The summed E-state index contributed by atoms with van der Waals surface area (Å²) in [7, 11) is 1.13. The molecular formula is C13H21NO7S. The number of methoxy groups -OCH3 is 1. The fourth-order valence-corrected chi connectivity index (χ4v) is 2.29. The molecule has 0 spiro atoms. The van der Waals surface area contributed by atoms with E-state index in [1.165, 1.54) is 0 Å². The zero-order valence-corrected chi connectivity index (χ0v) is 13.6. The maximum Gasteiger partial charge on any atom is 0.374 e. The van der Waals surface area contributed by atoms with Gasteiger partial charge in [0, 0.05) is 12.2 Å². The molecule has 0 aliphatic rings. The largest absolute Gasteiger partial charge is 0.480 e. The Hall–Kier alpha value is -1.61. The Bertz CT molecular complexity index is 425. The highest BCUT2D eigenvalue weighted by atomic mass is 32.2. The third kappa shape index (κ3) is 7.99. The minimum absolute atomic E-state index is 0.0797. The van der Waals surface area contributed by atoms with Crippen LogP contribution in [-0.2, 0) is 28.7 Å². The predicted octanol–water partition coefficient (Wildman–Crippen LogP) is -0.168. The van der Waals surface area contributed by atoms with Crippen LogP contribution in [0.15, 0.2) is 0 Å². The number of ketones is 1. The van der Waals surface area contributed by atoms with E-state index in [4.69, 9.17) is 15.6 Å². The molecule has 1 unspecified atom stereocenters. The van der Waals surface area contributed by atoms with Crippen molar-refractivity contribution in [2.24, 2.45) is 11.7 Å². The Morgan fingerprint density at radius 2 is 1.82 bits per heavy atom. The minimum atomic E-state index is -1.22. The topological polar surface area (TPSA) is 133 Å². The lowest BCUT2D eigenvalue weighted by Gasteiger charge is -2.15. The van der Waals surface area contributed by atoms with E-state index in [0.29, 0.717) is 0 Å². The molecule has 0 heterocycles. The number of carbonyl (C=O) groups is 4. The molecule has 9 heteroatoms. The van der Waals surface area contributed by atoms with Gasteiger partial charge >= 0.3 is 17.9 Å². The van der Waals surface area contributed by atoms with Gasteiger partial charge in [0.25, 0.3) is 0 Å². The molecule has 0 aliphatic heterocycles. The van der Waals surface area contributed by atoms with Crippen molar-refractivity contribution in [3.05, 3.63) is 0 Å². The monoisotopic (exact) mass is 335 g/mol. The Morgan fingerprint density at radius 3 is 2.27 bits per heavy atom. The summed E-state index contributed by atoms with van der Waals surface area (Å²) in [4.78, 5) is 45.4. The second kappa shape index (κ2) is 10.2. The van der Waals surface area contributed by atoms with Crippen molar-refractivity contribution in [3.63, 3.8) is 0 Å². The van der Waals surface area contributed by atoms with Crippen molar-refractivity contribution in [1.29, 1.82) is 0 Å². The number of carboxylic acids is 1. The Kier molecular flexibility index (Phi) is 9.43. The average Bonchev–Trinajstić information content (AvgIpc) is 2.46. The lowest BCUT2D eigenvalue weighted by Crippen LogP contribution is -2.35. The zero-order valence-electron chi connectivity index (χ0n) is 12.7. The van der Waals surface area contributed by atoms with Crippen LogP contribution in [0.25, 0.3) is 0 Å². The van der Waals surface area contributed by atoms with E-state index >= 15 is 0 Å². The molecule has 126 valence electrons. The van der Waals surface area contributed by atoms with Crippen LogP contribution in [0.5, 0.6) is 0 Å². The molecule has 8 nitrogen and oxygen atoms in total. The maximum absolute atomic E-state index is 11.7. The van der Waals surface area contributed by atoms with E-state index in [0.717, 1.165) is 18.9 Å². The van der Waals surface area contributed by atoms with Gasteiger partial charge in [-0.25, -0.2) is 4.79 Å². The minimum Gasteiger partial charge on any atom is -0.480 e. The molecule has 0 fully saturated rings. The van der Waals surface area contributed by atoms with Crippen molar-refractivity contribution >= 4 is 35.5 Å². The molecule has 0 saturated carbocycles. The van der Waals surface area contributed by atoms with Crippen LogP contribution in [0.4, 0.5) is 0 Å². The standard InChI is InChI=1S/C13H21NO7S/c1-7(2)5-21-12(18)9(15)4-10(13(19)20-3)22-6-8(14)11(16)17/h7-8,10H,4-6,14H2,1-3H3,(H,16,17)/t8-,10?/m0/s1. The number of nitrogens with two attached hydrogens (primary N) is 1. The van der Waals surface area contributed by atoms with Crippen LogP contribution in [0.1, 0.15) is 20.3 Å². The summed E-state index contributed by atoms with van der Waals surface area (Å²) in [6.45, 7) is 3.74. The second-order valence-corrected chi connectivity index (χ2v) is 6.15. The molecule has 22 heavy (non-hydrogen) atoms. The van der Waals surface area contributed by atoms with Crippen LogP contribution in [-0.4, -0.2) is 59.6 Å². The van der Waals surface area contributed by atoms with Gasteiger partial charge in [0.2, 0.25) is 5.78 Å². The summed E-state index contributed by atoms with van der Waals surface area (Å²) in [5, 5.41) is 7.68. The molecular weight excluding hydrogens is 314 g/mol. The summed E-state index contributed by atoms with van der Waals surface area (Å²) in [6, 6.07) is -1.18. The number of carboxylic acid groups (broad SMARTS) is 1. The van der Waals surface area contributed by atoms with Gasteiger partial charge in [-0.15, -0.1) is 11.8 Å². The van der Waals surface area contributed by atoms with Gasteiger partial charge < -0.3 is 20.3 Å². The van der Waals surface area contributed by atoms with Crippen LogP contribution < -0.4 is 5.73 Å². The molecule has 0 aromatic rings. The first-order chi connectivity index (χ1) is 10.2. The molecule has 0 radical (unpaired) electrons. The first kappa shape index (κ1) is 20.4. The van der Waals surface area contributed by atoms with Gasteiger partial charge in [-0.1, -0.05) is 13.8 Å². The molecule has 2 atom stereocenters. The first-order valence-corrected chi connectivity index (χ1v) is 7.61. The van der Waals surface area contributed by atoms with Crippen molar-refractivity contribution in [2.75, 3.05) is 19.5 Å². The molecule has 0 amide bonds. The first-order valence-electron chi connectivity index (χ1n) is 6.56. The van der Waals surface area contributed by atoms with Crippen molar-refractivity contribution in [2.45, 2.75) is 31.6 Å². The van der Waals surface area contributed by atoms with Crippen LogP contribution >= 0.6 is 11.8 Å². The lowest BCUT2D eigenvalue weighted by molar-refractivity contribution is -0.155. The number of carbonyl (C=O) groups excluding carboxylic acids is 3. The zero-order chi connectivity index (χ0) is 17.3. The van der Waals surface area contributed by atoms with Crippen molar-refractivity contribution in [3.8, 4) is 0 Å². The lowest BCUT2D eigenvalue weighted by atomic mass is 10.2. The summed E-state index contributed by atoms with van der Waals surface area (Å²) in [5.74, 6) is -3.86. The Morgan fingerprint density at radius 1 is 1.23 bits per heavy atom. The van der Waals surface area contributed by atoms with E-state index in [1.807, 2.05) is 13.8 Å². The fourth-order valence-electron chi connectivity index (χ4n) is 1.21. The van der Waals surface area contributed by atoms with Gasteiger partial charge in [-0.2, -0.15) is 0 Å². The summed E-state index contributed by atoms with van der Waals surface area (Å²) in [5.41, 5.74) is 5.33. The second-order valence-electron chi connectivity index (χ2n) is 4.91. The van der Waals surface area contributed by atoms with Crippen molar-refractivity contribution in [1.82, 2.24) is 0 Å². The van der Waals surface area contributed by atoms with Gasteiger partial charge in [0.1, 0.15) is 11.3 Å². The number of rotatable bonds is 10. The van der Waals surface area contributed by atoms with Gasteiger partial charge in [0.15, 0.2) is 0 Å². The van der Waals surface area contributed by atoms with Gasteiger partial charge in [-0.05, 0) is 5.92 Å². The molecule has 0 bridgehead atoms. The molecule has 3 N–H and O–H groups in total. The summed E-state index contributed by atoms with van der Waals surface area (Å²) in [6.07, 6.45) is -0.430. The number of ether oxygens (including phenoxy) is 2. The number of thioether (sulfide) groups is 1. The van der Waals surface area contributed by atoms with Crippen LogP contribution in [0.3, 0.4) is 0 Å². The average molecular weight is 335 g/mol. The predicted molar refractivity (Wildman–Crippen MR) is 79.3 cm³/mol. The third-order valence-corrected chi connectivity index (χ3v) is 3.72. The number of Topliss-reactive ketones (excluding diaryl/α,β-unsaturated/α-hetero) is 1. The molecule has 0 aromatic carbocycles. The molecule has 0 aromatic heterocycles. The third-order valence-electron chi connectivity index (χ3n) is 2.40. The number of hydrogen-bond donors (Lipinski definition) is 2. The fraction of sp³-hybridized carbons (Fsp3) is 0.692. The number of aliphatic carboxylic acids is 1. The van der Waals surface area contributed by atoms with E-state index < -0.39 is 41.4 Å². The molecule has 0 aliphatic carbocycles. The SMILES string of the molecule is COC(=O)C(CC(=O)C(=O)OCC(C)C)SC[C@H](N)C(=O)O. The Balaban J connectivity index is 4.58. The molecule has 0 rings (SSSR count). The van der Waals surface area contributed by atoms with Crippen LogP contribution in [0, 0.1) is 5.92 Å².